The van der Waals surface area contributed by atoms with Crippen LogP contribution in [0.5, 0.6) is 0 Å². The van der Waals surface area contributed by atoms with Gasteiger partial charge in [0, 0.05) is 13.1 Å². The second-order valence-corrected chi connectivity index (χ2v) is 4.95. The van der Waals surface area contributed by atoms with Gasteiger partial charge in [0.2, 0.25) is 0 Å². The average molecular weight is 264 g/mol. The van der Waals surface area contributed by atoms with E-state index < -0.39 is 5.97 Å². The number of likely N-dealkylation sites (tertiary alicyclic amines) is 1. The van der Waals surface area contributed by atoms with Crippen molar-refractivity contribution in [3.05, 3.63) is 17.8 Å². The highest BCUT2D eigenvalue weighted by Crippen LogP contribution is 2.19. The quantitative estimate of drug-likeness (QED) is 0.783. The number of aromatic nitrogens is 1. The van der Waals surface area contributed by atoms with E-state index in [0.29, 0.717) is 23.0 Å². The van der Waals surface area contributed by atoms with E-state index in [0.717, 1.165) is 26.1 Å². The summed E-state index contributed by atoms with van der Waals surface area (Å²) < 4.78 is 4.74. The van der Waals surface area contributed by atoms with Crippen molar-refractivity contribution in [3.63, 3.8) is 0 Å². The van der Waals surface area contributed by atoms with Crippen LogP contribution < -0.4 is 11.1 Å². The molecule has 19 heavy (non-hydrogen) atoms. The zero-order valence-corrected chi connectivity index (χ0v) is 11.3. The molecule has 1 aliphatic heterocycles. The van der Waals surface area contributed by atoms with Crippen LogP contribution in [0.4, 0.5) is 11.5 Å². The number of pyridine rings is 1. The van der Waals surface area contributed by atoms with Crippen LogP contribution in [0.2, 0.25) is 0 Å². The van der Waals surface area contributed by atoms with Crippen molar-refractivity contribution in [3.8, 4) is 0 Å². The van der Waals surface area contributed by atoms with Crippen molar-refractivity contribution in [1.29, 1.82) is 0 Å². The molecule has 1 saturated heterocycles. The predicted molar refractivity (Wildman–Crippen MR) is 74.1 cm³/mol. The van der Waals surface area contributed by atoms with Gasteiger partial charge >= 0.3 is 5.97 Å². The summed E-state index contributed by atoms with van der Waals surface area (Å²) in [5.74, 6) is 0.691. The zero-order chi connectivity index (χ0) is 13.8. The van der Waals surface area contributed by atoms with Crippen LogP contribution in [0.3, 0.4) is 0 Å². The Kier molecular flexibility index (Phi) is 4.21. The first-order valence-electron chi connectivity index (χ1n) is 6.36. The SMILES string of the molecule is COC(=O)c1cc(N)cnc1NCC1CCN(C)C1. The van der Waals surface area contributed by atoms with Gasteiger partial charge in [0.25, 0.3) is 0 Å². The number of nitrogens with one attached hydrogen (secondary N) is 1. The number of carbonyl (C=O) groups excluding carboxylic acids is 1. The first-order valence-corrected chi connectivity index (χ1v) is 6.36. The summed E-state index contributed by atoms with van der Waals surface area (Å²) in [4.78, 5) is 18.1. The highest BCUT2D eigenvalue weighted by molar-refractivity contribution is 5.95. The number of methoxy groups -OCH3 is 1. The van der Waals surface area contributed by atoms with Crippen LogP contribution in [0.15, 0.2) is 12.3 Å². The van der Waals surface area contributed by atoms with Crippen molar-refractivity contribution in [1.82, 2.24) is 9.88 Å². The van der Waals surface area contributed by atoms with E-state index in [4.69, 9.17) is 10.5 Å². The normalized spacial score (nSPS) is 19.4. The Hall–Kier alpha value is -1.82. The number of nitrogens with two attached hydrogens (primary N) is 1. The molecule has 6 heteroatoms. The van der Waals surface area contributed by atoms with Crippen molar-refractivity contribution >= 4 is 17.5 Å². The highest BCUT2D eigenvalue weighted by Gasteiger charge is 2.20. The Morgan fingerprint density at radius 2 is 2.47 bits per heavy atom. The number of anilines is 2. The van der Waals surface area contributed by atoms with Crippen LogP contribution in [0.25, 0.3) is 0 Å². The molecular weight excluding hydrogens is 244 g/mol. The summed E-state index contributed by atoms with van der Waals surface area (Å²) in [5.41, 5.74) is 6.49. The van der Waals surface area contributed by atoms with Gasteiger partial charge in [-0.25, -0.2) is 9.78 Å². The van der Waals surface area contributed by atoms with Crippen molar-refractivity contribution in [2.75, 3.05) is 44.8 Å². The van der Waals surface area contributed by atoms with Gasteiger partial charge in [0.05, 0.1) is 19.0 Å². The number of hydrogen-bond acceptors (Lipinski definition) is 6. The van der Waals surface area contributed by atoms with Gasteiger partial charge < -0.3 is 20.7 Å². The van der Waals surface area contributed by atoms with Crippen molar-refractivity contribution in [2.24, 2.45) is 5.92 Å². The number of nitrogens with zero attached hydrogens (tertiary/aromatic N) is 2. The van der Waals surface area contributed by atoms with Gasteiger partial charge in [-0.3, -0.25) is 0 Å². The summed E-state index contributed by atoms with van der Waals surface area (Å²) in [5, 5.41) is 3.22. The van der Waals surface area contributed by atoms with Gasteiger partial charge in [-0.15, -0.1) is 0 Å². The maximum Gasteiger partial charge on any atom is 0.341 e. The Bertz CT molecular complexity index is 464. The van der Waals surface area contributed by atoms with Gasteiger partial charge in [-0.1, -0.05) is 0 Å². The minimum absolute atomic E-state index is 0.383. The van der Waals surface area contributed by atoms with Gasteiger partial charge in [0.15, 0.2) is 0 Å². The molecule has 0 amide bonds. The fourth-order valence-electron chi connectivity index (χ4n) is 2.32. The first kappa shape index (κ1) is 13.6. The summed E-state index contributed by atoms with van der Waals surface area (Å²) >= 11 is 0. The Morgan fingerprint density at radius 1 is 1.68 bits per heavy atom. The topological polar surface area (TPSA) is 80.5 Å². The van der Waals surface area contributed by atoms with Crippen LogP contribution in [0, 0.1) is 5.92 Å². The lowest BCUT2D eigenvalue weighted by atomic mass is 10.1. The monoisotopic (exact) mass is 264 g/mol. The molecule has 104 valence electrons. The standard InChI is InChI=1S/C13H20N4O2/c1-17-4-3-9(8-17)6-15-12-11(13(18)19-2)5-10(14)7-16-12/h5,7,9H,3-4,6,8,14H2,1-2H3,(H,15,16). The maximum absolute atomic E-state index is 11.7. The van der Waals surface area contributed by atoms with E-state index in [-0.39, 0.29) is 0 Å². The van der Waals surface area contributed by atoms with Gasteiger partial charge in [-0.05, 0) is 32.0 Å². The second kappa shape index (κ2) is 5.88. The lowest BCUT2D eigenvalue weighted by molar-refractivity contribution is 0.0601. The van der Waals surface area contributed by atoms with E-state index >= 15 is 0 Å². The highest BCUT2D eigenvalue weighted by atomic mass is 16.5. The molecule has 1 aromatic rings. The van der Waals surface area contributed by atoms with E-state index in [1.807, 2.05) is 0 Å². The predicted octanol–water partition coefficient (Wildman–Crippen LogP) is 0.814. The summed E-state index contributed by atoms with van der Waals surface area (Å²) in [6, 6.07) is 1.59. The lowest BCUT2D eigenvalue weighted by Gasteiger charge is -2.14. The van der Waals surface area contributed by atoms with Crippen LogP contribution in [0.1, 0.15) is 16.8 Å². The minimum Gasteiger partial charge on any atom is -0.465 e. The summed E-state index contributed by atoms with van der Waals surface area (Å²) in [6.07, 6.45) is 2.70. The zero-order valence-electron chi connectivity index (χ0n) is 11.3. The molecule has 0 spiro atoms. The molecule has 1 atom stereocenters. The van der Waals surface area contributed by atoms with Crippen LogP contribution in [-0.4, -0.2) is 49.6 Å². The Labute approximate surface area is 112 Å². The molecule has 0 radical (unpaired) electrons. The number of nitrogen functional groups attached to an aromatic ring is 1. The van der Waals surface area contributed by atoms with Gasteiger partial charge in [0.1, 0.15) is 11.4 Å². The van der Waals surface area contributed by atoms with Crippen molar-refractivity contribution < 1.29 is 9.53 Å². The molecule has 1 fully saturated rings. The second-order valence-electron chi connectivity index (χ2n) is 4.95. The fraction of sp³-hybridized carbons (Fsp3) is 0.538. The molecule has 1 aliphatic rings. The maximum atomic E-state index is 11.7. The van der Waals surface area contributed by atoms with Gasteiger partial charge in [-0.2, -0.15) is 0 Å². The summed E-state index contributed by atoms with van der Waals surface area (Å²) in [6.45, 7) is 2.98. The molecule has 0 aromatic carbocycles. The number of hydrogen-bond donors (Lipinski definition) is 2. The first-order chi connectivity index (χ1) is 9.10. The molecular formula is C13H20N4O2. The molecule has 0 saturated carbocycles. The molecule has 0 aliphatic carbocycles. The molecule has 2 heterocycles. The number of ether oxygens (including phenoxy) is 1. The molecule has 1 unspecified atom stereocenters. The van der Waals surface area contributed by atoms with E-state index in [2.05, 4.69) is 22.2 Å². The molecule has 6 nitrogen and oxygen atoms in total. The van der Waals surface area contributed by atoms with Crippen LogP contribution in [-0.2, 0) is 4.74 Å². The van der Waals surface area contributed by atoms with E-state index in [1.54, 1.807) is 6.07 Å². The van der Waals surface area contributed by atoms with Crippen molar-refractivity contribution in [2.45, 2.75) is 6.42 Å². The Balaban J connectivity index is 2.05. The minimum atomic E-state index is -0.425. The Morgan fingerprint density at radius 3 is 3.11 bits per heavy atom. The molecule has 1 aromatic heterocycles. The number of carbonyl (C=O) groups is 1. The lowest BCUT2D eigenvalue weighted by Crippen LogP contribution is -2.20. The van der Waals surface area contributed by atoms with E-state index in [1.165, 1.54) is 13.3 Å². The van der Waals surface area contributed by atoms with Crippen LogP contribution >= 0.6 is 0 Å². The number of rotatable bonds is 4. The number of esters is 1. The largest absolute Gasteiger partial charge is 0.465 e. The molecule has 3 N–H and O–H groups in total. The smallest absolute Gasteiger partial charge is 0.341 e. The summed E-state index contributed by atoms with van der Waals surface area (Å²) in [7, 11) is 3.46. The third kappa shape index (κ3) is 3.35. The third-order valence-electron chi connectivity index (χ3n) is 3.36. The van der Waals surface area contributed by atoms with E-state index in [9.17, 15) is 4.79 Å². The third-order valence-corrected chi connectivity index (χ3v) is 3.36. The molecule has 0 bridgehead atoms. The average Bonchev–Trinajstić information content (AvgIpc) is 2.82. The fourth-order valence-corrected chi connectivity index (χ4v) is 2.32. The molecule has 2 rings (SSSR count).